The van der Waals surface area contributed by atoms with Gasteiger partial charge in [-0.05, 0) is 89.9 Å². The largest absolute Gasteiger partial charge is 0.462 e. The number of ether oxygens (including phenoxy) is 3. The lowest BCUT2D eigenvalue weighted by Crippen LogP contribution is -2.30. The SMILES string of the molecule is CC\C=C/C=C\C=C/C=C\C=C/CCCC(=O)OC(COC(=O)CCCCCCC/C=C\CCCCC)COC(=O)CCCCCCCCC/C=C\C/C=C\CCCCC. The molecule has 60 heavy (non-hydrogen) atoms. The Morgan fingerprint density at radius 3 is 1.20 bits per heavy atom. The number of rotatable bonds is 42. The summed E-state index contributed by atoms with van der Waals surface area (Å²) in [5.74, 6) is -1.01. The fourth-order valence-corrected chi connectivity index (χ4v) is 6.26. The van der Waals surface area contributed by atoms with Crippen molar-refractivity contribution in [2.45, 2.75) is 213 Å². The molecule has 0 bridgehead atoms. The first kappa shape index (κ1) is 56.3. The summed E-state index contributed by atoms with van der Waals surface area (Å²) in [5, 5.41) is 0. The summed E-state index contributed by atoms with van der Waals surface area (Å²) in [7, 11) is 0. The van der Waals surface area contributed by atoms with Gasteiger partial charge in [0.2, 0.25) is 0 Å². The van der Waals surface area contributed by atoms with Crippen LogP contribution in [0.25, 0.3) is 0 Å². The molecule has 0 saturated carbocycles. The van der Waals surface area contributed by atoms with Crippen LogP contribution in [0.5, 0.6) is 0 Å². The monoisotopic (exact) mass is 833 g/mol. The average Bonchev–Trinajstić information content (AvgIpc) is 3.24. The Kier molecular flexibility index (Phi) is 45.1. The van der Waals surface area contributed by atoms with Crippen LogP contribution >= 0.6 is 0 Å². The van der Waals surface area contributed by atoms with E-state index in [0.717, 1.165) is 77.0 Å². The lowest BCUT2D eigenvalue weighted by molar-refractivity contribution is -0.167. The van der Waals surface area contributed by atoms with E-state index in [4.69, 9.17) is 14.2 Å². The molecule has 0 saturated heterocycles. The molecule has 0 aromatic heterocycles. The number of hydrogen-bond donors (Lipinski definition) is 0. The van der Waals surface area contributed by atoms with Crippen molar-refractivity contribution in [3.05, 3.63) is 97.2 Å². The van der Waals surface area contributed by atoms with E-state index < -0.39 is 6.10 Å². The van der Waals surface area contributed by atoms with Crippen molar-refractivity contribution < 1.29 is 28.6 Å². The molecular formula is C54H88O6. The summed E-state index contributed by atoms with van der Waals surface area (Å²) in [6, 6.07) is 0. The predicted octanol–water partition coefficient (Wildman–Crippen LogP) is 15.8. The first-order valence-electron chi connectivity index (χ1n) is 24.3. The van der Waals surface area contributed by atoms with Crippen LogP contribution in [0.2, 0.25) is 0 Å². The maximum atomic E-state index is 12.7. The predicted molar refractivity (Wildman–Crippen MR) is 256 cm³/mol. The second kappa shape index (κ2) is 48.0. The summed E-state index contributed by atoms with van der Waals surface area (Å²) in [6.07, 6.45) is 62.5. The fourth-order valence-electron chi connectivity index (χ4n) is 6.26. The lowest BCUT2D eigenvalue weighted by atomic mass is 10.1. The Morgan fingerprint density at radius 2 is 0.733 bits per heavy atom. The van der Waals surface area contributed by atoms with Crippen LogP contribution in [0.4, 0.5) is 0 Å². The lowest BCUT2D eigenvalue weighted by Gasteiger charge is -2.18. The zero-order chi connectivity index (χ0) is 43.7. The van der Waals surface area contributed by atoms with Crippen molar-refractivity contribution >= 4 is 17.9 Å². The van der Waals surface area contributed by atoms with E-state index >= 15 is 0 Å². The molecule has 1 atom stereocenters. The molecule has 0 aliphatic carbocycles. The van der Waals surface area contributed by atoms with Crippen LogP contribution < -0.4 is 0 Å². The van der Waals surface area contributed by atoms with E-state index in [1.807, 2.05) is 54.7 Å². The zero-order valence-corrected chi connectivity index (χ0v) is 38.7. The molecular weight excluding hydrogens is 745 g/mol. The van der Waals surface area contributed by atoms with Gasteiger partial charge < -0.3 is 14.2 Å². The summed E-state index contributed by atoms with van der Waals surface area (Å²) in [5.41, 5.74) is 0. The van der Waals surface area contributed by atoms with Crippen molar-refractivity contribution in [1.82, 2.24) is 0 Å². The van der Waals surface area contributed by atoms with Gasteiger partial charge >= 0.3 is 17.9 Å². The molecule has 6 heteroatoms. The van der Waals surface area contributed by atoms with E-state index in [2.05, 4.69) is 63.3 Å². The molecule has 0 aromatic carbocycles. The van der Waals surface area contributed by atoms with Crippen molar-refractivity contribution in [3.63, 3.8) is 0 Å². The van der Waals surface area contributed by atoms with Crippen LogP contribution in [-0.4, -0.2) is 37.2 Å². The minimum Gasteiger partial charge on any atom is -0.462 e. The first-order valence-corrected chi connectivity index (χ1v) is 24.3. The Balaban J connectivity index is 4.50. The van der Waals surface area contributed by atoms with Crippen molar-refractivity contribution in [2.24, 2.45) is 0 Å². The third kappa shape index (κ3) is 45.4. The molecule has 1 unspecified atom stereocenters. The maximum Gasteiger partial charge on any atom is 0.306 e. The zero-order valence-electron chi connectivity index (χ0n) is 38.7. The molecule has 0 rings (SSSR count). The number of carbonyl (C=O) groups excluding carboxylic acids is 3. The van der Waals surface area contributed by atoms with E-state index in [0.29, 0.717) is 19.3 Å². The van der Waals surface area contributed by atoms with Crippen LogP contribution in [-0.2, 0) is 28.6 Å². The van der Waals surface area contributed by atoms with Gasteiger partial charge in [-0.15, -0.1) is 0 Å². The van der Waals surface area contributed by atoms with Gasteiger partial charge in [-0.2, -0.15) is 0 Å². The Bertz CT molecular complexity index is 1230. The van der Waals surface area contributed by atoms with Gasteiger partial charge in [0, 0.05) is 19.3 Å². The van der Waals surface area contributed by atoms with Gasteiger partial charge in [0.1, 0.15) is 13.2 Å². The molecule has 0 heterocycles. The van der Waals surface area contributed by atoms with E-state index in [1.165, 1.54) is 83.5 Å². The smallest absolute Gasteiger partial charge is 0.306 e. The summed E-state index contributed by atoms with van der Waals surface area (Å²) in [4.78, 5) is 37.8. The number of carbonyl (C=O) groups is 3. The second-order valence-corrected chi connectivity index (χ2v) is 15.8. The molecule has 0 aliphatic heterocycles. The minimum absolute atomic E-state index is 0.114. The quantitative estimate of drug-likeness (QED) is 0.0200. The third-order valence-corrected chi connectivity index (χ3v) is 9.92. The molecule has 340 valence electrons. The van der Waals surface area contributed by atoms with E-state index in [1.54, 1.807) is 0 Å². The topological polar surface area (TPSA) is 78.9 Å². The molecule has 0 fully saturated rings. The molecule has 0 amide bonds. The Morgan fingerprint density at radius 1 is 0.367 bits per heavy atom. The van der Waals surface area contributed by atoms with Gasteiger partial charge in [-0.25, -0.2) is 0 Å². The van der Waals surface area contributed by atoms with Crippen LogP contribution in [0.15, 0.2) is 97.2 Å². The van der Waals surface area contributed by atoms with E-state index in [9.17, 15) is 14.4 Å². The third-order valence-electron chi connectivity index (χ3n) is 9.92. The molecule has 0 N–H and O–H groups in total. The molecule has 0 aromatic rings. The highest BCUT2D eigenvalue weighted by atomic mass is 16.6. The van der Waals surface area contributed by atoms with Gasteiger partial charge in [0.15, 0.2) is 6.10 Å². The minimum atomic E-state index is -0.820. The number of unbranched alkanes of at least 4 members (excludes halogenated alkanes) is 19. The van der Waals surface area contributed by atoms with Gasteiger partial charge in [0.25, 0.3) is 0 Å². The summed E-state index contributed by atoms with van der Waals surface area (Å²) in [6.45, 7) is 6.35. The number of allylic oxidation sites excluding steroid dienone is 16. The van der Waals surface area contributed by atoms with Gasteiger partial charge in [-0.3, -0.25) is 14.4 Å². The van der Waals surface area contributed by atoms with Crippen molar-refractivity contribution in [3.8, 4) is 0 Å². The van der Waals surface area contributed by atoms with Crippen LogP contribution in [0.3, 0.4) is 0 Å². The highest BCUT2D eigenvalue weighted by molar-refractivity contribution is 5.71. The average molecular weight is 833 g/mol. The highest BCUT2D eigenvalue weighted by Gasteiger charge is 2.19. The van der Waals surface area contributed by atoms with Crippen LogP contribution in [0, 0.1) is 0 Å². The Hall–Kier alpha value is -3.67. The summed E-state index contributed by atoms with van der Waals surface area (Å²) >= 11 is 0. The van der Waals surface area contributed by atoms with Gasteiger partial charge in [0.05, 0.1) is 0 Å². The van der Waals surface area contributed by atoms with Crippen LogP contribution in [0.1, 0.15) is 207 Å². The molecule has 6 nitrogen and oxygen atoms in total. The standard InChI is InChI=1S/C54H88O6/c1-4-7-10-13-16-19-22-25-26-27-28-30-32-35-38-41-44-47-53(56)59-50-51(49-58-52(55)46-43-40-37-34-31-24-21-18-15-12-9-6-3)60-54(57)48-45-42-39-36-33-29-23-20-17-14-11-8-5-2/h8,11,14,16-21,23,25-26,29,33,36,39,51H,4-7,9-10,12-13,15,22,24,27-28,30-32,34-35,37-38,40-50H2,1-3H3/b11-8-,17-14-,19-16-,21-18-,23-20-,26-25-,33-29-,39-36-. The van der Waals surface area contributed by atoms with Crippen molar-refractivity contribution in [1.29, 1.82) is 0 Å². The number of esters is 3. The molecule has 0 radical (unpaired) electrons. The second-order valence-electron chi connectivity index (χ2n) is 15.8. The molecule has 0 aliphatic rings. The fraction of sp³-hybridized carbons (Fsp3) is 0.648. The first-order chi connectivity index (χ1) is 29.5. The van der Waals surface area contributed by atoms with Gasteiger partial charge in [-0.1, -0.05) is 195 Å². The molecule has 0 spiro atoms. The highest BCUT2D eigenvalue weighted by Crippen LogP contribution is 2.13. The normalized spacial score (nSPS) is 12.9. The van der Waals surface area contributed by atoms with Crippen molar-refractivity contribution in [2.75, 3.05) is 13.2 Å². The van der Waals surface area contributed by atoms with E-state index in [-0.39, 0.29) is 37.5 Å². The number of hydrogen-bond acceptors (Lipinski definition) is 6. The maximum absolute atomic E-state index is 12.7. The Labute approximate surface area is 368 Å². The summed E-state index contributed by atoms with van der Waals surface area (Å²) < 4.78 is 16.7.